The summed E-state index contributed by atoms with van der Waals surface area (Å²) in [7, 11) is -0.327. The highest BCUT2D eigenvalue weighted by atomic mass is 16.7. The average Bonchev–Trinajstić information content (AvgIpc) is 2.56. The van der Waals surface area contributed by atoms with Crippen molar-refractivity contribution in [1.82, 2.24) is 0 Å². The van der Waals surface area contributed by atoms with Gasteiger partial charge in [0.1, 0.15) is 0 Å². The lowest BCUT2D eigenvalue weighted by Gasteiger charge is -2.32. The van der Waals surface area contributed by atoms with Crippen molar-refractivity contribution >= 4 is 12.6 Å². The van der Waals surface area contributed by atoms with Gasteiger partial charge in [-0.1, -0.05) is 24.3 Å². The summed E-state index contributed by atoms with van der Waals surface area (Å²) in [6.45, 7) is 12.9. The molecule has 2 rings (SSSR count). The van der Waals surface area contributed by atoms with E-state index in [9.17, 15) is 0 Å². The molecule has 0 unspecified atom stereocenters. The van der Waals surface area contributed by atoms with Crippen LogP contribution in [-0.2, 0) is 20.7 Å². The Morgan fingerprint density at radius 3 is 2.15 bits per heavy atom. The van der Waals surface area contributed by atoms with Gasteiger partial charge in [0.25, 0.3) is 0 Å². The second kappa shape index (κ2) is 5.51. The highest BCUT2D eigenvalue weighted by molar-refractivity contribution is 6.62. The minimum Gasteiger partial charge on any atom is -0.399 e. The Bertz CT molecular complexity index is 453. The normalized spacial score (nSPS) is 20.6. The summed E-state index contributed by atoms with van der Waals surface area (Å²) in [6, 6.07) is 8.16. The molecule has 0 aliphatic carbocycles. The van der Waals surface area contributed by atoms with Crippen molar-refractivity contribution < 1.29 is 14.0 Å². The predicted molar refractivity (Wildman–Crippen MR) is 82.1 cm³/mol. The van der Waals surface area contributed by atoms with E-state index < -0.39 is 0 Å². The van der Waals surface area contributed by atoms with E-state index in [1.54, 1.807) is 0 Å². The summed E-state index contributed by atoms with van der Waals surface area (Å²) in [6.07, 6.45) is 0.210. The van der Waals surface area contributed by atoms with E-state index in [4.69, 9.17) is 14.0 Å². The van der Waals surface area contributed by atoms with Gasteiger partial charge in [-0.15, -0.1) is 0 Å². The van der Waals surface area contributed by atoms with Crippen molar-refractivity contribution in [3.63, 3.8) is 0 Å². The number of benzene rings is 1. The highest BCUT2D eigenvalue weighted by Gasteiger charge is 2.52. The lowest BCUT2D eigenvalue weighted by atomic mass is 9.76. The molecule has 0 spiro atoms. The Labute approximate surface area is 122 Å². The summed E-state index contributed by atoms with van der Waals surface area (Å²) in [5, 5.41) is 0. The van der Waals surface area contributed by atoms with E-state index in [1.165, 1.54) is 0 Å². The molecule has 0 radical (unpaired) electrons. The van der Waals surface area contributed by atoms with Crippen LogP contribution < -0.4 is 5.46 Å². The first kappa shape index (κ1) is 15.6. The molecule has 4 heteroatoms. The van der Waals surface area contributed by atoms with Crippen molar-refractivity contribution in [2.24, 2.45) is 0 Å². The van der Waals surface area contributed by atoms with Crippen LogP contribution in [0.15, 0.2) is 24.3 Å². The van der Waals surface area contributed by atoms with Gasteiger partial charge in [-0.2, -0.15) is 0 Å². The maximum atomic E-state index is 6.12. The highest BCUT2D eigenvalue weighted by Crippen LogP contribution is 2.36. The van der Waals surface area contributed by atoms with E-state index in [2.05, 4.69) is 39.8 Å². The number of rotatable bonds is 4. The molecule has 0 bridgehead atoms. The third-order valence-electron chi connectivity index (χ3n) is 4.13. The van der Waals surface area contributed by atoms with Gasteiger partial charge in [-0.05, 0) is 52.6 Å². The molecule has 1 fully saturated rings. The number of ether oxygens (including phenoxy) is 1. The molecule has 0 atom stereocenters. The molecule has 0 amide bonds. The van der Waals surface area contributed by atoms with Crippen LogP contribution in [0.25, 0.3) is 0 Å². The van der Waals surface area contributed by atoms with Crippen molar-refractivity contribution in [1.29, 1.82) is 0 Å². The van der Waals surface area contributed by atoms with Gasteiger partial charge >= 0.3 is 7.12 Å². The Hall–Kier alpha value is -0.835. The molecular weight excluding hydrogens is 251 g/mol. The molecule has 3 nitrogen and oxygen atoms in total. The minimum absolute atomic E-state index is 0.210. The van der Waals surface area contributed by atoms with E-state index in [0.717, 1.165) is 11.0 Å². The summed E-state index contributed by atoms with van der Waals surface area (Å²) < 4.78 is 18.0. The molecule has 0 saturated carbocycles. The third kappa shape index (κ3) is 3.08. The topological polar surface area (TPSA) is 27.7 Å². The second-order valence-electron chi connectivity index (χ2n) is 6.65. The van der Waals surface area contributed by atoms with Crippen LogP contribution in [0.4, 0.5) is 0 Å². The van der Waals surface area contributed by atoms with Gasteiger partial charge in [-0.3, -0.25) is 0 Å². The van der Waals surface area contributed by atoms with Crippen molar-refractivity contribution in [3.8, 4) is 0 Å². The fourth-order valence-corrected chi connectivity index (χ4v) is 2.12. The van der Waals surface area contributed by atoms with E-state index in [-0.39, 0.29) is 24.4 Å². The first-order valence-electron chi connectivity index (χ1n) is 7.28. The SMILES string of the molecule is CC(C)OCc1ccccc1B1OC(C)(C)C(C)(C)O1. The molecular formula is C16H25BO3. The molecule has 1 heterocycles. The molecule has 0 N–H and O–H groups in total. The number of hydrogen-bond donors (Lipinski definition) is 0. The average molecular weight is 276 g/mol. The van der Waals surface area contributed by atoms with Gasteiger partial charge in [0.05, 0.1) is 23.9 Å². The van der Waals surface area contributed by atoms with Crippen LogP contribution in [0.2, 0.25) is 0 Å². The second-order valence-corrected chi connectivity index (χ2v) is 6.65. The van der Waals surface area contributed by atoms with Gasteiger partial charge in [0, 0.05) is 0 Å². The Morgan fingerprint density at radius 1 is 1.05 bits per heavy atom. The van der Waals surface area contributed by atoms with Crippen molar-refractivity contribution in [3.05, 3.63) is 29.8 Å². The van der Waals surface area contributed by atoms with Crippen molar-refractivity contribution in [2.45, 2.75) is 65.5 Å². The fraction of sp³-hybridized carbons (Fsp3) is 0.625. The monoisotopic (exact) mass is 276 g/mol. The molecule has 20 heavy (non-hydrogen) atoms. The predicted octanol–water partition coefficient (Wildman–Crippen LogP) is 2.91. The maximum Gasteiger partial charge on any atom is 0.495 e. The standard InChI is InChI=1S/C16H25BO3/c1-12(2)18-11-13-9-7-8-10-14(13)17-19-15(3,4)16(5,6)20-17/h7-10,12H,11H2,1-6H3. The molecule has 0 aromatic heterocycles. The molecule has 1 saturated heterocycles. The summed E-state index contributed by atoms with van der Waals surface area (Å²) >= 11 is 0. The Balaban J connectivity index is 2.22. The van der Waals surface area contributed by atoms with Crippen molar-refractivity contribution in [2.75, 3.05) is 0 Å². The molecule has 1 aliphatic rings. The zero-order valence-electron chi connectivity index (χ0n) is 13.4. The largest absolute Gasteiger partial charge is 0.495 e. The van der Waals surface area contributed by atoms with Gasteiger partial charge in [0.15, 0.2) is 0 Å². The lowest BCUT2D eigenvalue weighted by molar-refractivity contribution is 0.00578. The minimum atomic E-state index is -0.327. The Kier molecular flexibility index (Phi) is 4.28. The third-order valence-corrected chi connectivity index (χ3v) is 4.13. The van der Waals surface area contributed by atoms with Gasteiger partial charge < -0.3 is 14.0 Å². The Morgan fingerprint density at radius 2 is 1.60 bits per heavy atom. The summed E-state index contributed by atoms with van der Waals surface area (Å²) in [5.41, 5.74) is 1.55. The zero-order valence-corrected chi connectivity index (χ0v) is 13.4. The van der Waals surface area contributed by atoms with E-state index >= 15 is 0 Å². The van der Waals surface area contributed by atoms with Crippen LogP contribution >= 0.6 is 0 Å². The van der Waals surface area contributed by atoms with Crippen LogP contribution in [0, 0.1) is 0 Å². The van der Waals surface area contributed by atoms with Crippen LogP contribution in [0.5, 0.6) is 0 Å². The molecule has 1 aliphatic heterocycles. The van der Waals surface area contributed by atoms with Crippen LogP contribution in [0.3, 0.4) is 0 Å². The van der Waals surface area contributed by atoms with Crippen LogP contribution in [-0.4, -0.2) is 24.4 Å². The first-order chi connectivity index (χ1) is 9.23. The summed E-state index contributed by atoms with van der Waals surface area (Å²) in [5.74, 6) is 0. The summed E-state index contributed by atoms with van der Waals surface area (Å²) in [4.78, 5) is 0. The van der Waals surface area contributed by atoms with E-state index in [1.807, 2.05) is 26.0 Å². The zero-order chi connectivity index (χ0) is 15.0. The lowest BCUT2D eigenvalue weighted by Crippen LogP contribution is -2.41. The smallest absolute Gasteiger partial charge is 0.399 e. The quantitative estimate of drug-likeness (QED) is 0.791. The first-order valence-corrected chi connectivity index (χ1v) is 7.28. The number of hydrogen-bond acceptors (Lipinski definition) is 3. The van der Waals surface area contributed by atoms with Gasteiger partial charge in [-0.25, -0.2) is 0 Å². The molecule has 1 aromatic carbocycles. The van der Waals surface area contributed by atoms with Gasteiger partial charge in [0.2, 0.25) is 0 Å². The molecule has 1 aromatic rings. The fourth-order valence-electron chi connectivity index (χ4n) is 2.12. The van der Waals surface area contributed by atoms with Crippen LogP contribution in [0.1, 0.15) is 47.1 Å². The maximum absolute atomic E-state index is 6.12. The molecule has 110 valence electrons. The van der Waals surface area contributed by atoms with E-state index in [0.29, 0.717) is 6.61 Å².